The molecule has 0 aliphatic carbocycles. The third kappa shape index (κ3) is 3.29. The third-order valence-electron chi connectivity index (χ3n) is 4.24. The van der Waals surface area contributed by atoms with Crippen molar-refractivity contribution in [2.75, 3.05) is 18.7 Å². The monoisotopic (exact) mass is 369 g/mol. The second-order valence-electron chi connectivity index (χ2n) is 6.11. The van der Waals surface area contributed by atoms with Gasteiger partial charge in [0.1, 0.15) is 5.82 Å². The summed E-state index contributed by atoms with van der Waals surface area (Å²) in [5, 5.41) is 5.71. The first-order valence-corrected chi connectivity index (χ1v) is 8.27. The van der Waals surface area contributed by atoms with E-state index in [-0.39, 0.29) is 13.3 Å². The maximum Gasteiger partial charge on any atom is 0.254 e. The zero-order valence-corrected chi connectivity index (χ0v) is 14.4. The topological polar surface area (TPSA) is 92.5 Å². The Kier molecular flexibility index (Phi) is 4.15. The van der Waals surface area contributed by atoms with Crippen molar-refractivity contribution >= 4 is 28.4 Å². The molecule has 27 heavy (non-hydrogen) atoms. The second kappa shape index (κ2) is 6.64. The van der Waals surface area contributed by atoms with Crippen molar-refractivity contribution in [1.82, 2.24) is 10.3 Å². The van der Waals surface area contributed by atoms with Crippen LogP contribution in [0.2, 0.25) is 0 Å². The fourth-order valence-electron chi connectivity index (χ4n) is 3.02. The van der Waals surface area contributed by atoms with Crippen molar-refractivity contribution in [3.05, 3.63) is 53.5 Å². The quantitative estimate of drug-likeness (QED) is 0.659. The highest BCUT2D eigenvalue weighted by Crippen LogP contribution is 2.34. The lowest BCUT2D eigenvalue weighted by molar-refractivity contribution is -0.115. The average molecular weight is 369 g/mol. The molecule has 2 amide bonds. The largest absolute Gasteiger partial charge is 0.454 e. The van der Waals surface area contributed by atoms with Crippen LogP contribution in [-0.4, -0.2) is 30.1 Å². The lowest BCUT2D eigenvalue weighted by Crippen LogP contribution is -2.33. The van der Waals surface area contributed by atoms with Crippen LogP contribution in [-0.2, 0) is 4.79 Å². The predicted molar refractivity (Wildman–Crippen MR) is 96.5 cm³/mol. The zero-order chi connectivity index (χ0) is 19.0. The lowest BCUT2D eigenvalue weighted by atomic mass is 10.1. The highest BCUT2D eigenvalue weighted by Gasteiger charge is 2.18. The number of carbonyl (C=O) groups excluding carboxylic acids is 2. The number of H-pyrrole nitrogens is 1. The molecule has 2 heterocycles. The van der Waals surface area contributed by atoms with E-state index < -0.39 is 17.6 Å². The SMILES string of the molecule is Cc1[nH]c2ccc(F)cc2c1C(=O)NCC(=O)Nc1ccc2c(c1)OCO2. The van der Waals surface area contributed by atoms with Gasteiger partial charge in [-0.1, -0.05) is 0 Å². The number of rotatable bonds is 4. The Balaban J connectivity index is 1.43. The highest BCUT2D eigenvalue weighted by molar-refractivity contribution is 6.09. The first kappa shape index (κ1) is 16.9. The van der Waals surface area contributed by atoms with Gasteiger partial charge in [-0.15, -0.1) is 0 Å². The van der Waals surface area contributed by atoms with Crippen LogP contribution in [0.1, 0.15) is 16.1 Å². The summed E-state index contributed by atoms with van der Waals surface area (Å²) in [5.41, 5.74) is 2.11. The summed E-state index contributed by atoms with van der Waals surface area (Å²) in [6.07, 6.45) is 0. The number of hydrogen-bond acceptors (Lipinski definition) is 4. The number of aryl methyl sites for hydroxylation is 1. The first-order chi connectivity index (χ1) is 13.0. The van der Waals surface area contributed by atoms with Crippen molar-refractivity contribution < 1.29 is 23.5 Å². The van der Waals surface area contributed by atoms with Gasteiger partial charge >= 0.3 is 0 Å². The molecule has 0 fully saturated rings. The van der Waals surface area contributed by atoms with Gasteiger partial charge in [0.25, 0.3) is 5.91 Å². The van der Waals surface area contributed by atoms with Gasteiger partial charge in [-0.3, -0.25) is 9.59 Å². The Morgan fingerprint density at radius 3 is 2.81 bits per heavy atom. The average Bonchev–Trinajstić information content (AvgIpc) is 3.22. The standard InChI is InChI=1S/C19H16FN3O4/c1-10-18(13-6-11(20)2-4-14(13)22-10)19(25)21-8-17(24)23-12-3-5-15-16(7-12)27-9-26-15/h2-7,22H,8-9H2,1H3,(H,21,25)(H,23,24). The van der Waals surface area contributed by atoms with Gasteiger partial charge in [0.2, 0.25) is 12.7 Å². The number of halogens is 1. The van der Waals surface area contributed by atoms with Gasteiger partial charge in [-0.2, -0.15) is 0 Å². The van der Waals surface area contributed by atoms with Gasteiger partial charge in [0, 0.05) is 28.4 Å². The van der Waals surface area contributed by atoms with Gasteiger partial charge in [0.15, 0.2) is 11.5 Å². The number of aromatic nitrogens is 1. The van der Waals surface area contributed by atoms with E-state index in [1.165, 1.54) is 12.1 Å². The number of amides is 2. The minimum Gasteiger partial charge on any atom is -0.454 e. The maximum atomic E-state index is 13.5. The molecule has 1 aromatic heterocycles. The van der Waals surface area contributed by atoms with Crippen LogP contribution in [0.3, 0.4) is 0 Å². The molecule has 7 nitrogen and oxygen atoms in total. The summed E-state index contributed by atoms with van der Waals surface area (Å²) in [6, 6.07) is 9.20. The number of hydrogen-bond donors (Lipinski definition) is 3. The van der Waals surface area contributed by atoms with Gasteiger partial charge in [-0.05, 0) is 37.3 Å². The fourth-order valence-corrected chi connectivity index (χ4v) is 3.02. The molecule has 0 radical (unpaired) electrons. The molecule has 4 rings (SSSR count). The molecule has 3 N–H and O–H groups in total. The van der Waals surface area contributed by atoms with Crippen LogP contribution >= 0.6 is 0 Å². The Hall–Kier alpha value is -3.55. The minimum atomic E-state index is -0.454. The summed E-state index contributed by atoms with van der Waals surface area (Å²) in [6.45, 7) is 1.64. The molecule has 138 valence electrons. The van der Waals surface area contributed by atoms with Crippen LogP contribution in [0.25, 0.3) is 10.9 Å². The van der Waals surface area contributed by atoms with E-state index in [2.05, 4.69) is 15.6 Å². The van der Waals surface area contributed by atoms with Crippen LogP contribution in [0.15, 0.2) is 36.4 Å². The predicted octanol–water partition coefficient (Wildman–Crippen LogP) is 2.71. The van der Waals surface area contributed by atoms with E-state index in [9.17, 15) is 14.0 Å². The maximum absolute atomic E-state index is 13.5. The van der Waals surface area contributed by atoms with E-state index in [1.807, 2.05) is 0 Å². The molecule has 2 aromatic carbocycles. The molecule has 0 spiro atoms. The van der Waals surface area contributed by atoms with E-state index in [0.717, 1.165) is 0 Å². The number of fused-ring (bicyclic) bond motifs is 2. The molecule has 1 aliphatic rings. The Bertz CT molecular complexity index is 1060. The summed E-state index contributed by atoms with van der Waals surface area (Å²) < 4.78 is 24.0. The summed E-state index contributed by atoms with van der Waals surface area (Å²) in [7, 11) is 0. The summed E-state index contributed by atoms with van der Waals surface area (Å²) in [5.74, 6) is -0.121. The van der Waals surface area contributed by atoms with Crippen LogP contribution in [0, 0.1) is 12.7 Å². The van der Waals surface area contributed by atoms with Crippen molar-refractivity contribution in [1.29, 1.82) is 0 Å². The number of aromatic amines is 1. The van der Waals surface area contributed by atoms with Crippen molar-refractivity contribution in [3.63, 3.8) is 0 Å². The molecule has 0 saturated carbocycles. The molecule has 3 aromatic rings. The second-order valence-corrected chi connectivity index (χ2v) is 6.11. The van der Waals surface area contributed by atoms with Crippen LogP contribution in [0.4, 0.5) is 10.1 Å². The number of anilines is 1. The molecule has 0 atom stereocenters. The smallest absolute Gasteiger partial charge is 0.254 e. The van der Waals surface area contributed by atoms with Crippen molar-refractivity contribution in [3.8, 4) is 11.5 Å². The van der Waals surface area contributed by atoms with E-state index >= 15 is 0 Å². The fraction of sp³-hybridized carbons (Fsp3) is 0.158. The molecular weight excluding hydrogens is 353 g/mol. The minimum absolute atomic E-state index is 0.146. The lowest BCUT2D eigenvalue weighted by Gasteiger charge is -2.08. The highest BCUT2D eigenvalue weighted by atomic mass is 19.1. The molecule has 8 heteroatoms. The summed E-state index contributed by atoms with van der Waals surface area (Å²) in [4.78, 5) is 27.6. The summed E-state index contributed by atoms with van der Waals surface area (Å²) >= 11 is 0. The molecule has 0 saturated heterocycles. The Morgan fingerprint density at radius 2 is 1.96 bits per heavy atom. The van der Waals surface area contributed by atoms with Gasteiger partial charge in [-0.25, -0.2) is 4.39 Å². The number of carbonyl (C=O) groups is 2. The van der Waals surface area contributed by atoms with Gasteiger partial charge < -0.3 is 25.1 Å². The Labute approximate surface area is 153 Å². The van der Waals surface area contributed by atoms with E-state index in [4.69, 9.17) is 9.47 Å². The van der Waals surface area contributed by atoms with Gasteiger partial charge in [0.05, 0.1) is 12.1 Å². The number of nitrogens with one attached hydrogen (secondary N) is 3. The normalized spacial score (nSPS) is 12.2. The van der Waals surface area contributed by atoms with Crippen LogP contribution < -0.4 is 20.1 Å². The molecule has 0 unspecified atom stereocenters. The van der Waals surface area contributed by atoms with Crippen LogP contribution in [0.5, 0.6) is 11.5 Å². The number of benzene rings is 2. The molecule has 1 aliphatic heterocycles. The molecular formula is C19H16FN3O4. The molecule has 0 bridgehead atoms. The van der Waals surface area contributed by atoms with E-state index in [1.54, 1.807) is 31.2 Å². The zero-order valence-electron chi connectivity index (χ0n) is 14.4. The van der Waals surface area contributed by atoms with Crippen molar-refractivity contribution in [2.45, 2.75) is 6.92 Å². The van der Waals surface area contributed by atoms with Crippen molar-refractivity contribution in [2.24, 2.45) is 0 Å². The number of ether oxygens (including phenoxy) is 2. The third-order valence-corrected chi connectivity index (χ3v) is 4.24. The van der Waals surface area contributed by atoms with E-state index in [0.29, 0.717) is 39.3 Å². The first-order valence-electron chi connectivity index (χ1n) is 8.27. The Morgan fingerprint density at radius 1 is 1.15 bits per heavy atom.